The molecule has 1 unspecified atom stereocenters. The van der Waals surface area contributed by atoms with Crippen molar-refractivity contribution in [2.24, 2.45) is 0 Å². The van der Waals surface area contributed by atoms with Crippen molar-refractivity contribution in [1.29, 1.82) is 0 Å². The number of carbonyl (C=O) groups excluding carboxylic acids is 1. The Morgan fingerprint density at radius 2 is 1.57 bits per heavy atom. The van der Waals surface area contributed by atoms with Crippen molar-refractivity contribution in [2.45, 2.75) is 44.6 Å². The lowest BCUT2D eigenvalue weighted by atomic mass is 10.0. The van der Waals surface area contributed by atoms with Gasteiger partial charge in [0.25, 0.3) is 0 Å². The molecule has 14 heavy (non-hydrogen) atoms. The maximum absolute atomic E-state index is 11.3. The molecule has 0 bridgehead atoms. The normalized spacial score (nSPS) is 25.5. The largest absolute Gasteiger partial charge is 0.385 e. The summed E-state index contributed by atoms with van der Waals surface area (Å²) in [6, 6.07) is 0. The second kappa shape index (κ2) is 6.55. The molecule has 1 aliphatic carbocycles. The van der Waals surface area contributed by atoms with E-state index in [1.165, 1.54) is 0 Å². The molecule has 0 saturated heterocycles. The lowest BCUT2D eigenvalue weighted by Crippen LogP contribution is -2.19. The van der Waals surface area contributed by atoms with Crippen molar-refractivity contribution in [1.82, 2.24) is 0 Å². The van der Waals surface area contributed by atoms with Gasteiger partial charge in [-0.3, -0.25) is 4.79 Å². The van der Waals surface area contributed by atoms with Crippen LogP contribution in [0, 0.1) is 0 Å². The Balaban J connectivity index is 2.45. The molecular formula is C12H18O2. The molecule has 0 saturated carbocycles. The summed E-state index contributed by atoms with van der Waals surface area (Å²) in [5.74, 6) is -0.0244. The average molecular weight is 194 g/mol. The third kappa shape index (κ3) is 4.38. The van der Waals surface area contributed by atoms with Crippen molar-refractivity contribution in [3.63, 3.8) is 0 Å². The minimum atomic E-state index is -0.757. The smallest absolute Gasteiger partial charge is 0.161 e. The van der Waals surface area contributed by atoms with Gasteiger partial charge in [-0.1, -0.05) is 24.3 Å². The first-order valence-corrected chi connectivity index (χ1v) is 5.31. The summed E-state index contributed by atoms with van der Waals surface area (Å²) in [5.41, 5.74) is 0. The monoisotopic (exact) mass is 194 g/mol. The molecule has 2 nitrogen and oxygen atoms in total. The quantitative estimate of drug-likeness (QED) is 0.601. The van der Waals surface area contributed by atoms with E-state index in [-0.39, 0.29) is 5.78 Å². The topological polar surface area (TPSA) is 37.3 Å². The Morgan fingerprint density at radius 3 is 2.29 bits per heavy atom. The van der Waals surface area contributed by atoms with Gasteiger partial charge < -0.3 is 5.11 Å². The molecule has 1 aliphatic rings. The minimum absolute atomic E-state index is 0.0244. The lowest BCUT2D eigenvalue weighted by molar-refractivity contribution is -0.127. The number of allylic oxidation sites excluding steroid dienone is 4. The van der Waals surface area contributed by atoms with Gasteiger partial charge in [-0.05, 0) is 32.1 Å². The number of aliphatic hydroxyl groups is 1. The third-order valence-electron chi connectivity index (χ3n) is 2.37. The zero-order valence-corrected chi connectivity index (χ0v) is 8.48. The van der Waals surface area contributed by atoms with Crippen LogP contribution in [-0.4, -0.2) is 17.0 Å². The molecule has 0 spiro atoms. The summed E-state index contributed by atoms with van der Waals surface area (Å²) in [6.45, 7) is 0. The number of aliphatic hydroxyl groups excluding tert-OH is 1. The highest BCUT2D eigenvalue weighted by Crippen LogP contribution is 2.07. The van der Waals surface area contributed by atoms with E-state index >= 15 is 0 Å². The number of ketones is 1. The van der Waals surface area contributed by atoms with Gasteiger partial charge in [0.15, 0.2) is 5.78 Å². The molecule has 1 N–H and O–H groups in total. The molecule has 0 fully saturated rings. The summed E-state index contributed by atoms with van der Waals surface area (Å²) in [4.78, 5) is 11.3. The van der Waals surface area contributed by atoms with Gasteiger partial charge >= 0.3 is 0 Å². The number of Topliss-reactive ketones (excluding diaryl/α,β-unsaturated/α-hetero) is 1. The van der Waals surface area contributed by atoms with E-state index in [2.05, 4.69) is 12.2 Å². The summed E-state index contributed by atoms with van der Waals surface area (Å²) in [6.07, 6.45) is 12.2. The van der Waals surface area contributed by atoms with E-state index in [1.54, 1.807) is 0 Å². The third-order valence-corrected chi connectivity index (χ3v) is 2.37. The predicted molar refractivity (Wildman–Crippen MR) is 57.0 cm³/mol. The fourth-order valence-corrected chi connectivity index (χ4v) is 1.47. The van der Waals surface area contributed by atoms with Crippen LogP contribution in [0.2, 0.25) is 0 Å². The molecule has 0 aliphatic heterocycles. The molecule has 1 atom stereocenters. The van der Waals surface area contributed by atoms with Crippen molar-refractivity contribution in [3.05, 3.63) is 24.3 Å². The van der Waals surface area contributed by atoms with Crippen LogP contribution in [0.5, 0.6) is 0 Å². The lowest BCUT2D eigenvalue weighted by Gasteiger charge is -2.07. The Morgan fingerprint density at radius 1 is 1.00 bits per heavy atom. The second-order valence-electron chi connectivity index (χ2n) is 3.62. The molecule has 1 rings (SSSR count). The van der Waals surface area contributed by atoms with Gasteiger partial charge in [0.1, 0.15) is 6.10 Å². The van der Waals surface area contributed by atoms with Gasteiger partial charge in [-0.15, -0.1) is 0 Å². The molecule has 0 aromatic rings. The van der Waals surface area contributed by atoms with E-state index in [4.69, 9.17) is 0 Å². The van der Waals surface area contributed by atoms with Gasteiger partial charge in [0.2, 0.25) is 0 Å². The number of hydrogen-bond donors (Lipinski definition) is 1. The SMILES string of the molecule is O=C1CCC=CCCC=CCCC1O. The van der Waals surface area contributed by atoms with Crippen molar-refractivity contribution in [2.75, 3.05) is 0 Å². The maximum atomic E-state index is 11.3. The van der Waals surface area contributed by atoms with Gasteiger partial charge in [0.05, 0.1) is 0 Å². The van der Waals surface area contributed by atoms with Crippen LogP contribution in [0.4, 0.5) is 0 Å². The number of hydrogen-bond acceptors (Lipinski definition) is 2. The second-order valence-corrected chi connectivity index (χ2v) is 3.62. The average Bonchev–Trinajstić information content (AvgIpc) is 2.18. The van der Waals surface area contributed by atoms with Crippen LogP contribution >= 0.6 is 0 Å². The van der Waals surface area contributed by atoms with Gasteiger partial charge in [-0.2, -0.15) is 0 Å². The van der Waals surface area contributed by atoms with E-state index in [9.17, 15) is 9.90 Å². The Kier molecular flexibility index (Phi) is 5.23. The first-order chi connectivity index (χ1) is 6.80. The molecule has 78 valence electrons. The minimum Gasteiger partial charge on any atom is -0.385 e. The van der Waals surface area contributed by atoms with Gasteiger partial charge in [-0.25, -0.2) is 0 Å². The van der Waals surface area contributed by atoms with Crippen molar-refractivity contribution >= 4 is 5.78 Å². The van der Waals surface area contributed by atoms with E-state index in [0.717, 1.165) is 25.7 Å². The summed E-state index contributed by atoms with van der Waals surface area (Å²) in [5, 5.41) is 9.45. The molecular weight excluding hydrogens is 176 g/mol. The van der Waals surface area contributed by atoms with Crippen LogP contribution < -0.4 is 0 Å². The van der Waals surface area contributed by atoms with E-state index in [0.29, 0.717) is 12.8 Å². The number of carbonyl (C=O) groups is 1. The van der Waals surface area contributed by atoms with Crippen LogP contribution in [-0.2, 0) is 4.79 Å². The zero-order valence-electron chi connectivity index (χ0n) is 8.48. The van der Waals surface area contributed by atoms with Crippen LogP contribution in [0.15, 0.2) is 24.3 Å². The Labute approximate surface area is 85.3 Å². The van der Waals surface area contributed by atoms with E-state index < -0.39 is 6.10 Å². The maximum Gasteiger partial charge on any atom is 0.161 e. The molecule has 0 heterocycles. The standard InChI is InChI=1S/C12H18O2/c13-11-9-7-5-3-1-2-4-6-8-10-12(11)14/h3-6,11,13H,1-2,7-10H2. The summed E-state index contributed by atoms with van der Waals surface area (Å²) >= 11 is 0. The fourth-order valence-electron chi connectivity index (χ4n) is 1.47. The van der Waals surface area contributed by atoms with Crippen molar-refractivity contribution < 1.29 is 9.90 Å². The molecule has 0 aromatic heterocycles. The molecule has 0 amide bonds. The van der Waals surface area contributed by atoms with Crippen LogP contribution in [0.1, 0.15) is 38.5 Å². The van der Waals surface area contributed by atoms with E-state index in [1.807, 2.05) is 12.2 Å². The van der Waals surface area contributed by atoms with Gasteiger partial charge in [0, 0.05) is 6.42 Å². The Bertz CT molecular complexity index is 228. The predicted octanol–water partition coefficient (Wildman–Crippen LogP) is 2.38. The van der Waals surface area contributed by atoms with Crippen LogP contribution in [0.25, 0.3) is 0 Å². The summed E-state index contributed by atoms with van der Waals surface area (Å²) in [7, 11) is 0. The van der Waals surface area contributed by atoms with Crippen molar-refractivity contribution in [3.8, 4) is 0 Å². The molecule has 2 heteroatoms. The number of rotatable bonds is 0. The highest BCUT2D eigenvalue weighted by atomic mass is 16.3. The first kappa shape index (κ1) is 11.2. The summed E-state index contributed by atoms with van der Waals surface area (Å²) < 4.78 is 0. The fraction of sp³-hybridized carbons (Fsp3) is 0.583. The Hall–Kier alpha value is -0.890. The first-order valence-electron chi connectivity index (χ1n) is 5.31. The molecule has 0 aromatic carbocycles. The zero-order chi connectivity index (χ0) is 10.2. The highest BCUT2D eigenvalue weighted by Gasteiger charge is 2.12. The molecule has 0 radical (unpaired) electrons. The van der Waals surface area contributed by atoms with Crippen LogP contribution in [0.3, 0.4) is 0 Å². The highest BCUT2D eigenvalue weighted by molar-refractivity contribution is 5.82.